The summed E-state index contributed by atoms with van der Waals surface area (Å²) < 4.78 is 5.12. The van der Waals surface area contributed by atoms with Crippen LogP contribution in [0.3, 0.4) is 0 Å². The van der Waals surface area contributed by atoms with Crippen LogP contribution >= 0.6 is 0 Å². The number of aryl methyl sites for hydroxylation is 2. The third-order valence-electron chi connectivity index (χ3n) is 4.99. The molecule has 0 aliphatic heterocycles. The Morgan fingerprint density at radius 3 is 2.70 bits per heavy atom. The molecule has 1 saturated carbocycles. The number of rotatable bonds is 8. The van der Waals surface area contributed by atoms with E-state index in [2.05, 4.69) is 22.4 Å². The average molecular weight is 321 g/mol. The summed E-state index contributed by atoms with van der Waals surface area (Å²) in [6.45, 7) is 5.64. The van der Waals surface area contributed by atoms with Crippen LogP contribution in [0.15, 0.2) is 4.52 Å². The Balaban J connectivity index is 1.57. The summed E-state index contributed by atoms with van der Waals surface area (Å²) in [6, 6.07) is 0.749. The van der Waals surface area contributed by atoms with Gasteiger partial charge in [0.15, 0.2) is 0 Å². The van der Waals surface area contributed by atoms with Crippen molar-refractivity contribution in [1.29, 1.82) is 0 Å². The van der Waals surface area contributed by atoms with Gasteiger partial charge in [0.05, 0.1) is 5.69 Å². The van der Waals surface area contributed by atoms with Crippen molar-refractivity contribution in [2.45, 2.75) is 71.3 Å². The molecule has 5 nitrogen and oxygen atoms in total. The highest BCUT2D eigenvalue weighted by Crippen LogP contribution is 2.21. The summed E-state index contributed by atoms with van der Waals surface area (Å²) in [5.41, 5.74) is 1.96. The zero-order valence-corrected chi connectivity index (χ0v) is 14.9. The first-order valence-electron chi connectivity index (χ1n) is 8.96. The normalized spacial score (nSPS) is 16.0. The van der Waals surface area contributed by atoms with Gasteiger partial charge < -0.3 is 14.7 Å². The van der Waals surface area contributed by atoms with Crippen LogP contribution in [0.2, 0.25) is 0 Å². The summed E-state index contributed by atoms with van der Waals surface area (Å²) in [4.78, 5) is 14.4. The number of aromatic nitrogens is 1. The van der Waals surface area contributed by atoms with Gasteiger partial charge in [-0.25, -0.2) is 0 Å². The molecule has 2 rings (SSSR count). The van der Waals surface area contributed by atoms with Crippen molar-refractivity contribution in [3.8, 4) is 0 Å². The van der Waals surface area contributed by atoms with Crippen LogP contribution in [-0.4, -0.2) is 42.1 Å². The number of nitrogens with zero attached hydrogens (tertiary/aromatic N) is 2. The van der Waals surface area contributed by atoms with E-state index < -0.39 is 0 Å². The van der Waals surface area contributed by atoms with Crippen LogP contribution in [0.1, 0.15) is 62.0 Å². The molecule has 0 unspecified atom stereocenters. The number of hydrogen-bond donors (Lipinski definition) is 1. The lowest BCUT2D eigenvalue weighted by Crippen LogP contribution is -2.35. The van der Waals surface area contributed by atoms with Crippen molar-refractivity contribution in [2.75, 3.05) is 20.1 Å². The highest BCUT2D eigenvalue weighted by atomic mass is 16.5. The van der Waals surface area contributed by atoms with E-state index in [1.165, 1.54) is 32.1 Å². The van der Waals surface area contributed by atoms with Crippen LogP contribution < -0.4 is 5.32 Å². The van der Waals surface area contributed by atoms with Gasteiger partial charge in [-0.15, -0.1) is 0 Å². The van der Waals surface area contributed by atoms with E-state index in [1.807, 2.05) is 13.8 Å². The fourth-order valence-corrected chi connectivity index (χ4v) is 3.45. The Morgan fingerprint density at radius 2 is 2.04 bits per heavy atom. The van der Waals surface area contributed by atoms with Gasteiger partial charge >= 0.3 is 0 Å². The molecule has 1 aromatic rings. The molecule has 0 bridgehead atoms. The van der Waals surface area contributed by atoms with Gasteiger partial charge in [0, 0.05) is 24.6 Å². The number of carbonyl (C=O) groups excluding carboxylic acids is 1. The number of hydrogen-bond acceptors (Lipinski definition) is 4. The second kappa shape index (κ2) is 9.06. The largest absolute Gasteiger partial charge is 0.361 e. The maximum atomic E-state index is 11.9. The predicted molar refractivity (Wildman–Crippen MR) is 91.4 cm³/mol. The van der Waals surface area contributed by atoms with E-state index in [0.29, 0.717) is 12.8 Å². The predicted octanol–water partition coefficient (Wildman–Crippen LogP) is 2.99. The van der Waals surface area contributed by atoms with Gasteiger partial charge in [-0.2, -0.15) is 0 Å². The zero-order valence-electron chi connectivity index (χ0n) is 14.9. The molecule has 0 saturated heterocycles. The molecule has 1 aliphatic carbocycles. The van der Waals surface area contributed by atoms with Crippen LogP contribution in [0.4, 0.5) is 0 Å². The fraction of sp³-hybridized carbons (Fsp3) is 0.778. The van der Waals surface area contributed by atoms with Crippen molar-refractivity contribution >= 4 is 5.91 Å². The first-order chi connectivity index (χ1) is 11.1. The Labute approximate surface area is 139 Å². The Kier molecular flexibility index (Phi) is 7.09. The van der Waals surface area contributed by atoms with E-state index in [9.17, 15) is 4.79 Å². The molecular weight excluding hydrogens is 290 g/mol. The summed E-state index contributed by atoms with van der Waals surface area (Å²) in [6.07, 6.45) is 9.02. The average Bonchev–Trinajstić information content (AvgIpc) is 2.88. The molecule has 1 heterocycles. The lowest BCUT2D eigenvalue weighted by molar-refractivity contribution is -0.121. The molecule has 0 aromatic carbocycles. The molecule has 23 heavy (non-hydrogen) atoms. The standard InChI is InChI=1S/C18H31N3O2/c1-14-17(15(2)23-20-14)10-11-18(22)19-12-7-13-21(3)16-8-5-4-6-9-16/h16H,4-13H2,1-3H3,(H,19,22). The topological polar surface area (TPSA) is 58.4 Å². The fourth-order valence-electron chi connectivity index (χ4n) is 3.45. The van der Waals surface area contributed by atoms with Gasteiger partial charge in [0.25, 0.3) is 0 Å². The van der Waals surface area contributed by atoms with Crippen molar-refractivity contribution in [2.24, 2.45) is 0 Å². The zero-order chi connectivity index (χ0) is 16.7. The summed E-state index contributed by atoms with van der Waals surface area (Å²) in [7, 11) is 2.22. The van der Waals surface area contributed by atoms with Crippen molar-refractivity contribution in [3.05, 3.63) is 17.0 Å². The van der Waals surface area contributed by atoms with Crippen molar-refractivity contribution < 1.29 is 9.32 Å². The van der Waals surface area contributed by atoms with Gasteiger partial charge in [0.2, 0.25) is 5.91 Å². The second-order valence-electron chi connectivity index (χ2n) is 6.78. The molecule has 1 fully saturated rings. The van der Waals surface area contributed by atoms with E-state index in [1.54, 1.807) is 0 Å². The van der Waals surface area contributed by atoms with E-state index in [4.69, 9.17) is 4.52 Å². The third kappa shape index (κ3) is 5.65. The van der Waals surface area contributed by atoms with Gasteiger partial charge in [0.1, 0.15) is 5.76 Å². The van der Waals surface area contributed by atoms with Crippen LogP contribution in [0.25, 0.3) is 0 Å². The molecule has 1 aliphatic rings. The molecule has 1 amide bonds. The number of amides is 1. The van der Waals surface area contributed by atoms with E-state index in [0.717, 1.165) is 42.6 Å². The maximum Gasteiger partial charge on any atom is 0.220 e. The van der Waals surface area contributed by atoms with Gasteiger partial charge in [-0.05, 0) is 53.1 Å². The first-order valence-corrected chi connectivity index (χ1v) is 8.96. The van der Waals surface area contributed by atoms with Crippen LogP contribution in [0.5, 0.6) is 0 Å². The number of nitrogens with one attached hydrogen (secondary N) is 1. The van der Waals surface area contributed by atoms with Crippen molar-refractivity contribution in [1.82, 2.24) is 15.4 Å². The molecule has 1 N–H and O–H groups in total. The highest BCUT2D eigenvalue weighted by molar-refractivity contribution is 5.76. The summed E-state index contributed by atoms with van der Waals surface area (Å²) in [5, 5.41) is 6.95. The molecule has 1 aromatic heterocycles. The molecule has 0 spiro atoms. The molecule has 0 radical (unpaired) electrons. The van der Waals surface area contributed by atoms with Crippen LogP contribution in [0, 0.1) is 13.8 Å². The SMILES string of the molecule is Cc1noc(C)c1CCC(=O)NCCCN(C)C1CCCCC1. The van der Waals surface area contributed by atoms with E-state index >= 15 is 0 Å². The monoisotopic (exact) mass is 321 g/mol. The minimum absolute atomic E-state index is 0.116. The molecule has 0 atom stereocenters. The summed E-state index contributed by atoms with van der Waals surface area (Å²) >= 11 is 0. The Bertz CT molecular complexity index is 473. The number of carbonyl (C=O) groups is 1. The minimum atomic E-state index is 0.116. The lowest BCUT2D eigenvalue weighted by atomic mass is 9.94. The molecule has 5 heteroatoms. The van der Waals surface area contributed by atoms with Gasteiger partial charge in [-0.1, -0.05) is 24.4 Å². The first kappa shape index (κ1) is 18.0. The second-order valence-corrected chi connectivity index (χ2v) is 6.78. The Hall–Kier alpha value is -1.36. The molecular formula is C18H31N3O2. The third-order valence-corrected chi connectivity index (χ3v) is 4.99. The molecule has 130 valence electrons. The van der Waals surface area contributed by atoms with Crippen LogP contribution in [-0.2, 0) is 11.2 Å². The Morgan fingerprint density at radius 1 is 1.30 bits per heavy atom. The smallest absolute Gasteiger partial charge is 0.220 e. The van der Waals surface area contributed by atoms with Crippen molar-refractivity contribution in [3.63, 3.8) is 0 Å². The lowest BCUT2D eigenvalue weighted by Gasteiger charge is -2.31. The highest BCUT2D eigenvalue weighted by Gasteiger charge is 2.17. The minimum Gasteiger partial charge on any atom is -0.361 e. The quantitative estimate of drug-likeness (QED) is 0.748. The van der Waals surface area contributed by atoms with Gasteiger partial charge in [-0.3, -0.25) is 4.79 Å². The summed E-state index contributed by atoms with van der Waals surface area (Å²) in [5.74, 6) is 0.940. The van der Waals surface area contributed by atoms with E-state index in [-0.39, 0.29) is 5.91 Å². The maximum absolute atomic E-state index is 11.9.